The van der Waals surface area contributed by atoms with Crippen LogP contribution in [0.15, 0.2) is 0 Å². The molecule has 4 aliphatic rings. The van der Waals surface area contributed by atoms with Crippen molar-refractivity contribution in [2.24, 2.45) is 22.9 Å². The lowest BCUT2D eigenvalue weighted by molar-refractivity contribution is -0.310. The third-order valence-electron chi connectivity index (χ3n) is 8.16. The van der Waals surface area contributed by atoms with Gasteiger partial charge in [0.05, 0.1) is 31.4 Å². The molecule has 19 atom stereocenters. The highest BCUT2D eigenvalue weighted by Crippen LogP contribution is 2.34. The molecule has 0 radical (unpaired) electrons. The van der Waals surface area contributed by atoms with E-state index in [1.807, 2.05) is 0 Å². The summed E-state index contributed by atoms with van der Waals surface area (Å²) < 4.78 is 33.9. The standard InChI is InChI=1S/C23H42N4O15/c24-5-1-6(25)18(40-21-10(26)15(34)13(32)7(2-28)37-21)20(12(5)31)42-23-17(36)19(9(4-30)39-23)41-22-11(27)16(35)14(33)8(3-29)38-22/h3,5-23,28,30-36H,1-2,4,24-27H2/t5-,6+,7-,8-,9-,10-,11-,12+,13-,14-,15-,16-,17-,18-,19-,20-,21-,22-,23+/m1/s1. The monoisotopic (exact) mass is 614 g/mol. The van der Waals surface area contributed by atoms with Gasteiger partial charge >= 0.3 is 0 Å². The second-order valence-electron chi connectivity index (χ2n) is 11.0. The predicted octanol–water partition coefficient (Wildman–Crippen LogP) is -8.62. The summed E-state index contributed by atoms with van der Waals surface area (Å²) in [5.41, 5.74) is 24.2. The molecule has 19 nitrogen and oxygen atoms in total. The molecule has 0 bridgehead atoms. The van der Waals surface area contributed by atoms with E-state index in [1.54, 1.807) is 0 Å². The van der Waals surface area contributed by atoms with E-state index in [1.165, 1.54) is 0 Å². The Morgan fingerprint density at radius 2 is 1.12 bits per heavy atom. The van der Waals surface area contributed by atoms with Crippen molar-refractivity contribution in [3.63, 3.8) is 0 Å². The molecule has 0 amide bonds. The molecular formula is C23H42N4O15. The van der Waals surface area contributed by atoms with E-state index in [0.717, 1.165) is 0 Å². The van der Waals surface area contributed by atoms with Gasteiger partial charge in [-0.05, 0) is 6.42 Å². The summed E-state index contributed by atoms with van der Waals surface area (Å²) in [6.45, 7) is -1.37. The predicted molar refractivity (Wildman–Crippen MR) is 133 cm³/mol. The maximum atomic E-state index is 11.3. The van der Waals surface area contributed by atoms with Gasteiger partial charge in [-0.15, -0.1) is 0 Å². The number of hydrogen-bond acceptors (Lipinski definition) is 19. The van der Waals surface area contributed by atoms with Gasteiger partial charge in [-0.25, -0.2) is 0 Å². The van der Waals surface area contributed by atoms with Crippen LogP contribution in [0.2, 0.25) is 0 Å². The maximum absolute atomic E-state index is 11.3. The van der Waals surface area contributed by atoms with Gasteiger partial charge in [-0.1, -0.05) is 0 Å². The zero-order valence-corrected chi connectivity index (χ0v) is 22.4. The van der Waals surface area contributed by atoms with Crippen LogP contribution in [0.1, 0.15) is 6.42 Å². The number of carbonyl (C=O) groups is 1. The lowest BCUT2D eigenvalue weighted by Gasteiger charge is -2.47. The SMILES string of the molecule is N[C@H]1[C@@H](O[C@H]2[C@@H](O)[C@H](O[C@@H]3[C@@H](O)[C@H](N)C[C@H](N)[C@H]3O[C@H]3O[C@H](CO)[C@@H](O)[C@H](O)[C@H]3N)O[C@@H]2CO)O[C@H](C=O)[C@@H](O)[C@@H]1O. The molecule has 3 aliphatic heterocycles. The molecule has 42 heavy (non-hydrogen) atoms. The van der Waals surface area contributed by atoms with Gasteiger partial charge in [0.15, 0.2) is 25.2 Å². The van der Waals surface area contributed by atoms with Crippen LogP contribution in [-0.4, -0.2) is 177 Å². The third-order valence-corrected chi connectivity index (χ3v) is 8.16. The Morgan fingerprint density at radius 1 is 0.595 bits per heavy atom. The summed E-state index contributed by atoms with van der Waals surface area (Å²) in [5.74, 6) is 0. The topological polar surface area (TPSA) is 338 Å². The number of ether oxygens (including phenoxy) is 6. The molecule has 4 rings (SSSR count). The Kier molecular flexibility index (Phi) is 11.2. The fourth-order valence-electron chi connectivity index (χ4n) is 5.57. The zero-order chi connectivity index (χ0) is 31.0. The van der Waals surface area contributed by atoms with Crippen molar-refractivity contribution in [3.05, 3.63) is 0 Å². The van der Waals surface area contributed by atoms with Gasteiger partial charge in [-0.3, -0.25) is 0 Å². The maximum Gasteiger partial charge on any atom is 0.187 e. The quantitative estimate of drug-likeness (QED) is 0.107. The Morgan fingerprint density at radius 3 is 1.71 bits per heavy atom. The van der Waals surface area contributed by atoms with Gasteiger partial charge in [0.2, 0.25) is 0 Å². The Balaban J connectivity index is 1.50. The van der Waals surface area contributed by atoms with E-state index >= 15 is 0 Å². The van der Waals surface area contributed by atoms with E-state index in [-0.39, 0.29) is 12.7 Å². The van der Waals surface area contributed by atoms with Crippen molar-refractivity contribution >= 4 is 6.29 Å². The fraction of sp³-hybridized carbons (Fsp3) is 0.957. The van der Waals surface area contributed by atoms with E-state index in [0.29, 0.717) is 0 Å². The number of rotatable bonds is 9. The van der Waals surface area contributed by atoms with Crippen LogP contribution in [0.3, 0.4) is 0 Å². The summed E-state index contributed by atoms with van der Waals surface area (Å²) in [7, 11) is 0. The number of aliphatic hydroxyl groups is 8. The van der Waals surface area contributed by atoms with E-state index in [4.69, 9.17) is 51.4 Å². The van der Waals surface area contributed by atoms with Crippen molar-refractivity contribution < 1.29 is 74.1 Å². The largest absolute Gasteiger partial charge is 0.394 e. The average Bonchev–Trinajstić information content (AvgIpc) is 3.27. The summed E-state index contributed by atoms with van der Waals surface area (Å²) in [6, 6.07) is -4.46. The smallest absolute Gasteiger partial charge is 0.187 e. The van der Waals surface area contributed by atoms with Crippen LogP contribution in [0, 0.1) is 0 Å². The number of aliphatic hydroxyl groups excluding tert-OH is 8. The Labute approximate surface area is 239 Å². The molecule has 0 aromatic rings. The molecule has 0 spiro atoms. The highest BCUT2D eigenvalue weighted by atomic mass is 16.8. The van der Waals surface area contributed by atoms with Gasteiger partial charge in [0, 0.05) is 12.1 Å². The highest BCUT2D eigenvalue weighted by molar-refractivity contribution is 5.57. The molecule has 244 valence electrons. The van der Waals surface area contributed by atoms with Gasteiger partial charge in [0.1, 0.15) is 67.1 Å². The minimum Gasteiger partial charge on any atom is -0.394 e. The molecule has 1 saturated carbocycles. The molecule has 3 saturated heterocycles. The van der Waals surface area contributed by atoms with Crippen molar-refractivity contribution in [2.45, 2.75) is 123 Å². The minimum atomic E-state index is -1.68. The van der Waals surface area contributed by atoms with Crippen LogP contribution in [0.4, 0.5) is 0 Å². The normalized spacial score (nSPS) is 53.7. The molecule has 16 N–H and O–H groups in total. The molecular weight excluding hydrogens is 572 g/mol. The van der Waals surface area contributed by atoms with Crippen LogP contribution in [0.5, 0.6) is 0 Å². The molecule has 4 fully saturated rings. The first-order valence-electron chi connectivity index (χ1n) is 13.5. The second-order valence-corrected chi connectivity index (χ2v) is 11.0. The average molecular weight is 615 g/mol. The van der Waals surface area contributed by atoms with Crippen molar-refractivity contribution in [1.29, 1.82) is 0 Å². The number of aldehydes is 1. The zero-order valence-electron chi connectivity index (χ0n) is 22.4. The van der Waals surface area contributed by atoms with Crippen LogP contribution in [-0.2, 0) is 33.2 Å². The number of nitrogens with two attached hydrogens (primary N) is 4. The van der Waals surface area contributed by atoms with Gasteiger partial charge in [-0.2, -0.15) is 0 Å². The summed E-state index contributed by atoms with van der Waals surface area (Å²) >= 11 is 0. The van der Waals surface area contributed by atoms with Crippen molar-refractivity contribution in [3.8, 4) is 0 Å². The molecule has 0 aromatic carbocycles. The number of carbonyl (C=O) groups excluding carboxylic acids is 1. The minimum absolute atomic E-state index is 0.0460. The first-order chi connectivity index (χ1) is 19.8. The lowest BCUT2D eigenvalue weighted by atomic mass is 9.84. The van der Waals surface area contributed by atoms with E-state index in [2.05, 4.69) is 0 Å². The second kappa shape index (κ2) is 13.9. The summed E-state index contributed by atoms with van der Waals surface area (Å²) in [6.07, 6.45) is -21.7. The summed E-state index contributed by atoms with van der Waals surface area (Å²) in [4.78, 5) is 11.3. The molecule has 0 aromatic heterocycles. The third kappa shape index (κ3) is 6.49. The Bertz CT molecular complexity index is 895. The lowest BCUT2D eigenvalue weighted by Crippen LogP contribution is -2.68. The van der Waals surface area contributed by atoms with E-state index in [9.17, 15) is 45.6 Å². The summed E-state index contributed by atoms with van der Waals surface area (Å²) in [5, 5.41) is 81.9. The first kappa shape index (κ1) is 33.8. The molecule has 3 heterocycles. The van der Waals surface area contributed by atoms with Gasteiger partial charge in [0.25, 0.3) is 0 Å². The molecule has 1 aliphatic carbocycles. The van der Waals surface area contributed by atoms with Crippen molar-refractivity contribution in [1.82, 2.24) is 0 Å². The van der Waals surface area contributed by atoms with E-state index < -0.39 is 129 Å². The van der Waals surface area contributed by atoms with Crippen molar-refractivity contribution in [2.75, 3.05) is 13.2 Å². The molecule has 0 unspecified atom stereocenters. The van der Waals surface area contributed by atoms with Crippen LogP contribution in [0.25, 0.3) is 0 Å². The highest BCUT2D eigenvalue weighted by Gasteiger charge is 2.54. The number of hydrogen-bond donors (Lipinski definition) is 12. The molecule has 19 heteroatoms. The van der Waals surface area contributed by atoms with Crippen LogP contribution >= 0.6 is 0 Å². The Hall–Kier alpha value is -1.05. The van der Waals surface area contributed by atoms with Crippen LogP contribution < -0.4 is 22.9 Å². The fourth-order valence-corrected chi connectivity index (χ4v) is 5.57. The first-order valence-corrected chi connectivity index (χ1v) is 13.5. The van der Waals surface area contributed by atoms with Gasteiger partial charge < -0.3 is 97.0 Å².